The van der Waals surface area contributed by atoms with E-state index in [9.17, 15) is 0 Å². The molecule has 0 amide bonds. The third kappa shape index (κ3) is 6.71. The van der Waals surface area contributed by atoms with Crippen LogP contribution in [0.5, 0.6) is 5.75 Å². The minimum atomic E-state index is 0. The molecule has 0 fully saturated rings. The molecule has 0 spiro atoms. The van der Waals surface area contributed by atoms with Crippen molar-refractivity contribution >= 4 is 22.7 Å². The maximum absolute atomic E-state index is 5.38. The molecule has 0 saturated heterocycles. The fraction of sp³-hybridized carbons (Fsp3) is 0.222. The van der Waals surface area contributed by atoms with Crippen LogP contribution in [0, 0.1) is 0 Å². The molecule has 160 valence electrons. The van der Waals surface area contributed by atoms with Crippen molar-refractivity contribution in [3.05, 3.63) is 96.7 Å². The second-order valence-corrected chi connectivity index (χ2v) is 8.65. The van der Waals surface area contributed by atoms with Crippen LogP contribution in [0.15, 0.2) is 101 Å². The number of hydrogen-bond acceptors (Lipinski definition) is 2. The molecule has 1 aromatic heterocycles. The van der Waals surface area contributed by atoms with E-state index in [1.54, 1.807) is 18.9 Å². The molecule has 2 nitrogen and oxygen atoms in total. The lowest BCUT2D eigenvalue weighted by Crippen LogP contribution is -3.00. The molecule has 0 aliphatic carbocycles. The summed E-state index contributed by atoms with van der Waals surface area (Å²) < 4.78 is 7.79. The van der Waals surface area contributed by atoms with Gasteiger partial charge in [-0.05, 0) is 55.2 Å². The van der Waals surface area contributed by atoms with Crippen molar-refractivity contribution in [3.8, 4) is 5.75 Å². The van der Waals surface area contributed by atoms with E-state index < -0.39 is 0 Å². The molecular weight excluding hydrogens is 513 g/mol. The Morgan fingerprint density at radius 1 is 0.774 bits per heavy atom. The first-order valence-electron chi connectivity index (χ1n) is 10.6. The molecule has 0 N–H and O–H groups in total. The van der Waals surface area contributed by atoms with Crippen LogP contribution in [0.1, 0.15) is 24.8 Å². The molecule has 0 saturated carbocycles. The Morgan fingerprint density at radius 2 is 1.58 bits per heavy atom. The van der Waals surface area contributed by atoms with Gasteiger partial charge in [0.05, 0.1) is 12.0 Å². The number of benzene rings is 3. The third-order valence-corrected chi connectivity index (χ3v) is 6.26. The van der Waals surface area contributed by atoms with E-state index in [2.05, 4.69) is 83.6 Å². The number of rotatable bonds is 9. The first-order valence-corrected chi connectivity index (χ1v) is 11.4. The van der Waals surface area contributed by atoms with Crippen LogP contribution in [-0.2, 0) is 13.0 Å². The average molecular weight is 541 g/mol. The van der Waals surface area contributed by atoms with Crippen LogP contribution >= 0.6 is 11.8 Å². The Balaban J connectivity index is 0.00000272. The highest BCUT2D eigenvalue weighted by Gasteiger charge is 2.12. The van der Waals surface area contributed by atoms with Gasteiger partial charge >= 0.3 is 0 Å². The van der Waals surface area contributed by atoms with Crippen molar-refractivity contribution in [1.82, 2.24) is 0 Å². The Labute approximate surface area is 206 Å². The van der Waals surface area contributed by atoms with Gasteiger partial charge in [0.2, 0.25) is 5.52 Å². The van der Waals surface area contributed by atoms with E-state index in [-0.39, 0.29) is 24.0 Å². The fourth-order valence-corrected chi connectivity index (χ4v) is 4.72. The zero-order valence-corrected chi connectivity index (χ0v) is 20.8. The minimum absolute atomic E-state index is 0. The van der Waals surface area contributed by atoms with Crippen LogP contribution in [0.4, 0.5) is 0 Å². The van der Waals surface area contributed by atoms with Gasteiger partial charge in [-0.2, -0.15) is 4.57 Å². The summed E-state index contributed by atoms with van der Waals surface area (Å²) in [6.45, 7) is 1.04. The third-order valence-electron chi connectivity index (χ3n) is 5.31. The number of ether oxygens (including phenoxy) is 1. The predicted octanol–water partition coefficient (Wildman–Crippen LogP) is 3.70. The van der Waals surface area contributed by atoms with Gasteiger partial charge < -0.3 is 28.7 Å². The number of nitrogens with zero attached hydrogens (tertiary/aromatic N) is 1. The molecule has 4 rings (SSSR count). The number of aromatic nitrogens is 1. The standard InChI is InChI=1S/C27H28NOS.HI/c1-29-24-15-10-16-25(20-24)30-26-19-23-14-7-8-17-27(23)28(21-26)18-9-3-6-13-22-11-4-2-5-12-22;/h2,4-5,7-8,10-12,14-17,19-21H,3,6,9,13,18H2,1H3;1H/q+1;/p-1. The lowest BCUT2D eigenvalue weighted by atomic mass is 10.1. The second kappa shape index (κ2) is 12.1. The SMILES string of the molecule is COc1cccc(Sc2cc3ccccc3[n+](CCCCCc3ccccc3)c2)c1.[I-]. The highest BCUT2D eigenvalue weighted by atomic mass is 127. The van der Waals surface area contributed by atoms with Gasteiger partial charge in [-0.3, -0.25) is 0 Å². The Hall–Kier alpha value is -2.05. The normalized spacial score (nSPS) is 10.6. The van der Waals surface area contributed by atoms with Crippen molar-refractivity contribution in [3.63, 3.8) is 0 Å². The summed E-state index contributed by atoms with van der Waals surface area (Å²) >= 11 is 1.79. The van der Waals surface area contributed by atoms with E-state index in [1.165, 1.54) is 45.5 Å². The monoisotopic (exact) mass is 541 g/mol. The molecule has 0 atom stereocenters. The zero-order valence-electron chi connectivity index (χ0n) is 17.8. The predicted molar refractivity (Wildman–Crippen MR) is 125 cm³/mol. The molecule has 0 radical (unpaired) electrons. The van der Waals surface area contributed by atoms with Crippen LogP contribution in [0.2, 0.25) is 0 Å². The smallest absolute Gasteiger partial charge is 0.212 e. The summed E-state index contributed by atoms with van der Waals surface area (Å²) in [5.41, 5.74) is 2.74. The van der Waals surface area contributed by atoms with Gasteiger partial charge in [-0.1, -0.05) is 60.3 Å². The lowest BCUT2D eigenvalue weighted by molar-refractivity contribution is -0.673. The quantitative estimate of drug-likeness (QED) is 0.182. The highest BCUT2D eigenvalue weighted by Crippen LogP contribution is 2.30. The number of pyridine rings is 1. The van der Waals surface area contributed by atoms with Gasteiger partial charge in [-0.15, -0.1) is 0 Å². The maximum atomic E-state index is 5.38. The summed E-state index contributed by atoms with van der Waals surface area (Å²) in [5.74, 6) is 0.895. The van der Waals surface area contributed by atoms with E-state index in [4.69, 9.17) is 4.74 Å². The maximum Gasteiger partial charge on any atom is 0.212 e. The van der Waals surface area contributed by atoms with E-state index in [0.717, 1.165) is 18.7 Å². The molecule has 0 aliphatic heterocycles. The van der Waals surface area contributed by atoms with Gasteiger partial charge in [-0.25, -0.2) is 0 Å². The molecule has 4 heteroatoms. The van der Waals surface area contributed by atoms with Crippen LogP contribution in [0.25, 0.3) is 10.9 Å². The van der Waals surface area contributed by atoms with Gasteiger partial charge in [0.1, 0.15) is 12.3 Å². The van der Waals surface area contributed by atoms with Crippen LogP contribution in [-0.4, -0.2) is 7.11 Å². The van der Waals surface area contributed by atoms with Crippen molar-refractivity contribution in [1.29, 1.82) is 0 Å². The summed E-state index contributed by atoms with van der Waals surface area (Å²) in [6, 6.07) is 30.0. The molecule has 3 aromatic carbocycles. The van der Waals surface area contributed by atoms with Crippen LogP contribution in [0.3, 0.4) is 0 Å². The van der Waals surface area contributed by atoms with Gasteiger partial charge in [0.15, 0.2) is 6.20 Å². The van der Waals surface area contributed by atoms with Gasteiger partial charge in [0.25, 0.3) is 0 Å². The van der Waals surface area contributed by atoms with Crippen molar-refractivity contribution in [2.45, 2.75) is 42.0 Å². The van der Waals surface area contributed by atoms with Crippen molar-refractivity contribution < 1.29 is 33.3 Å². The number of fused-ring (bicyclic) bond motifs is 1. The summed E-state index contributed by atoms with van der Waals surface area (Å²) in [5, 5.41) is 1.29. The number of halogens is 1. The Morgan fingerprint density at radius 3 is 2.42 bits per heavy atom. The molecule has 1 heterocycles. The number of para-hydroxylation sites is 1. The Kier molecular flexibility index (Phi) is 9.22. The largest absolute Gasteiger partial charge is 1.00 e. The Bertz CT molecular complexity index is 1100. The van der Waals surface area contributed by atoms with Crippen molar-refractivity contribution in [2.75, 3.05) is 7.11 Å². The first-order chi connectivity index (χ1) is 14.8. The highest BCUT2D eigenvalue weighted by molar-refractivity contribution is 7.99. The second-order valence-electron chi connectivity index (χ2n) is 7.51. The molecular formula is C27H28INOS. The number of hydrogen-bond donors (Lipinski definition) is 0. The number of methoxy groups -OCH3 is 1. The van der Waals surface area contributed by atoms with Crippen LogP contribution < -0.4 is 33.3 Å². The fourth-order valence-electron chi connectivity index (χ4n) is 3.76. The molecule has 31 heavy (non-hydrogen) atoms. The average Bonchev–Trinajstić information content (AvgIpc) is 2.79. The van der Waals surface area contributed by atoms with Gasteiger partial charge in [0, 0.05) is 22.8 Å². The summed E-state index contributed by atoms with van der Waals surface area (Å²) in [7, 11) is 1.71. The number of aryl methyl sites for hydroxylation is 2. The summed E-state index contributed by atoms with van der Waals surface area (Å²) in [6.07, 6.45) is 7.13. The molecule has 0 aliphatic rings. The molecule has 0 unspecified atom stereocenters. The minimum Gasteiger partial charge on any atom is -1.00 e. The molecule has 0 bridgehead atoms. The molecule has 4 aromatic rings. The van der Waals surface area contributed by atoms with E-state index >= 15 is 0 Å². The first kappa shape index (κ1) is 23.6. The van der Waals surface area contributed by atoms with E-state index in [1.807, 2.05) is 12.1 Å². The topological polar surface area (TPSA) is 13.1 Å². The zero-order chi connectivity index (χ0) is 20.6. The van der Waals surface area contributed by atoms with E-state index in [0.29, 0.717) is 0 Å². The van der Waals surface area contributed by atoms with Crippen molar-refractivity contribution in [2.24, 2.45) is 0 Å². The summed E-state index contributed by atoms with van der Waals surface area (Å²) in [4.78, 5) is 2.45. The number of unbranched alkanes of at least 4 members (excludes halogenated alkanes) is 2. The lowest BCUT2D eigenvalue weighted by Gasteiger charge is -2.07.